The highest BCUT2D eigenvalue weighted by atomic mass is 16.6. The first-order valence-corrected chi connectivity index (χ1v) is 8.09. The molecule has 26 heavy (non-hydrogen) atoms. The maximum Gasteiger partial charge on any atom is 0.407 e. The maximum absolute atomic E-state index is 11.8. The third-order valence-electron chi connectivity index (χ3n) is 3.49. The maximum atomic E-state index is 11.8. The molecule has 1 atom stereocenters. The van der Waals surface area contributed by atoms with Crippen molar-refractivity contribution in [3.8, 4) is 17.2 Å². The molecule has 0 saturated carbocycles. The summed E-state index contributed by atoms with van der Waals surface area (Å²) in [5.41, 5.74) is -0.0291. The van der Waals surface area contributed by atoms with Crippen LogP contribution in [0.5, 0.6) is 17.2 Å². The van der Waals surface area contributed by atoms with Gasteiger partial charge >= 0.3 is 12.1 Å². The van der Waals surface area contributed by atoms with Crippen molar-refractivity contribution in [2.45, 2.75) is 32.8 Å². The van der Waals surface area contributed by atoms with Crippen molar-refractivity contribution in [3.05, 3.63) is 17.7 Å². The van der Waals surface area contributed by atoms with E-state index in [0.717, 1.165) is 0 Å². The fraction of sp³-hybridized carbons (Fsp3) is 0.556. The van der Waals surface area contributed by atoms with E-state index in [4.69, 9.17) is 18.9 Å². The van der Waals surface area contributed by atoms with Gasteiger partial charge in [0.05, 0.1) is 27.2 Å². The first kappa shape index (κ1) is 21.4. The predicted octanol–water partition coefficient (Wildman–Crippen LogP) is 2.48. The molecule has 0 aliphatic carbocycles. The van der Waals surface area contributed by atoms with E-state index in [2.05, 4.69) is 5.32 Å². The van der Waals surface area contributed by atoms with Gasteiger partial charge in [-0.2, -0.15) is 0 Å². The number of hydrogen-bond donors (Lipinski definition) is 2. The first-order valence-electron chi connectivity index (χ1n) is 8.09. The van der Waals surface area contributed by atoms with Gasteiger partial charge in [-0.15, -0.1) is 0 Å². The molecule has 0 unspecified atom stereocenters. The number of aliphatic carboxylic acids is 1. The smallest absolute Gasteiger partial charge is 0.407 e. The zero-order valence-electron chi connectivity index (χ0n) is 16.0. The number of alkyl carbamates (subject to hydrolysis) is 1. The normalized spacial score (nSPS) is 12.1. The average molecular weight is 369 g/mol. The minimum absolute atomic E-state index is 0.0816. The van der Waals surface area contributed by atoms with Gasteiger partial charge in [0.25, 0.3) is 0 Å². The number of hydrogen-bond acceptors (Lipinski definition) is 6. The van der Waals surface area contributed by atoms with Gasteiger partial charge in [-0.25, -0.2) is 4.79 Å². The van der Waals surface area contributed by atoms with Gasteiger partial charge in [-0.1, -0.05) is 0 Å². The van der Waals surface area contributed by atoms with Crippen LogP contribution in [0.25, 0.3) is 0 Å². The quantitative estimate of drug-likeness (QED) is 0.725. The number of carbonyl (C=O) groups is 2. The predicted molar refractivity (Wildman–Crippen MR) is 95.2 cm³/mol. The molecule has 0 radical (unpaired) electrons. The molecule has 0 aromatic heterocycles. The van der Waals surface area contributed by atoms with E-state index in [9.17, 15) is 14.7 Å². The van der Waals surface area contributed by atoms with E-state index < -0.39 is 23.6 Å². The van der Waals surface area contributed by atoms with E-state index in [-0.39, 0.29) is 13.0 Å². The van der Waals surface area contributed by atoms with Gasteiger partial charge in [0.1, 0.15) is 11.4 Å². The summed E-state index contributed by atoms with van der Waals surface area (Å²) in [6.07, 6.45) is -0.530. The summed E-state index contributed by atoms with van der Waals surface area (Å²) in [4.78, 5) is 23.3. The van der Waals surface area contributed by atoms with Crippen LogP contribution in [-0.2, 0) is 16.0 Å². The topological polar surface area (TPSA) is 103 Å². The molecule has 8 nitrogen and oxygen atoms in total. The molecule has 1 amide bonds. The van der Waals surface area contributed by atoms with Gasteiger partial charge in [-0.05, 0) is 38.8 Å². The second-order valence-corrected chi connectivity index (χ2v) is 6.64. The van der Waals surface area contributed by atoms with Gasteiger partial charge in [0, 0.05) is 12.6 Å². The van der Waals surface area contributed by atoms with Crippen molar-refractivity contribution >= 4 is 12.1 Å². The Morgan fingerprint density at radius 1 is 1.04 bits per heavy atom. The molecule has 1 aromatic carbocycles. The molecule has 0 heterocycles. The minimum Gasteiger partial charge on any atom is -0.496 e. The van der Waals surface area contributed by atoms with Crippen molar-refractivity contribution in [3.63, 3.8) is 0 Å². The number of benzene rings is 1. The Bertz CT molecular complexity index is 637. The first-order chi connectivity index (χ1) is 12.1. The second kappa shape index (κ2) is 9.17. The highest BCUT2D eigenvalue weighted by Gasteiger charge is 2.24. The third kappa shape index (κ3) is 6.34. The Morgan fingerprint density at radius 3 is 2.04 bits per heavy atom. The van der Waals surface area contributed by atoms with Crippen LogP contribution in [0.1, 0.15) is 26.3 Å². The minimum atomic E-state index is -1.04. The summed E-state index contributed by atoms with van der Waals surface area (Å²) in [7, 11) is 4.48. The zero-order valence-corrected chi connectivity index (χ0v) is 16.0. The van der Waals surface area contributed by atoms with Crippen molar-refractivity contribution in [2.75, 3.05) is 27.9 Å². The van der Waals surface area contributed by atoms with E-state index in [1.54, 1.807) is 32.9 Å². The summed E-state index contributed by atoms with van der Waals surface area (Å²) in [5.74, 6) is -0.488. The number of carboxylic acid groups (broad SMARTS) is 1. The monoisotopic (exact) mass is 369 g/mol. The number of carbonyl (C=O) groups excluding carboxylic acids is 1. The van der Waals surface area contributed by atoms with Gasteiger partial charge in [-0.3, -0.25) is 4.79 Å². The van der Waals surface area contributed by atoms with E-state index in [1.807, 2.05) is 0 Å². The number of carboxylic acids is 1. The standard InChI is InChI=1S/C18H27NO7/c1-18(2,3)26-17(22)19-10-12(16(20)21)7-11-8-14(24-5)15(25-6)9-13(11)23-4/h8-9,12H,7,10H2,1-6H3,(H,19,22)(H,20,21)/t12-/m0/s1. The van der Waals surface area contributed by atoms with Crippen molar-refractivity contribution < 1.29 is 33.6 Å². The lowest BCUT2D eigenvalue weighted by molar-refractivity contribution is -0.141. The number of methoxy groups -OCH3 is 3. The van der Waals surface area contributed by atoms with Gasteiger partial charge in [0.2, 0.25) is 0 Å². The molecular weight excluding hydrogens is 342 g/mol. The fourth-order valence-electron chi connectivity index (χ4n) is 2.28. The van der Waals surface area contributed by atoms with Crippen LogP contribution < -0.4 is 19.5 Å². The van der Waals surface area contributed by atoms with Crippen molar-refractivity contribution in [2.24, 2.45) is 5.92 Å². The molecule has 0 aliphatic heterocycles. The van der Waals surface area contributed by atoms with Crippen LogP contribution >= 0.6 is 0 Å². The lowest BCUT2D eigenvalue weighted by atomic mass is 9.98. The lowest BCUT2D eigenvalue weighted by Crippen LogP contribution is -2.37. The highest BCUT2D eigenvalue weighted by molar-refractivity contribution is 5.73. The summed E-state index contributed by atoms with van der Waals surface area (Å²) >= 11 is 0. The van der Waals surface area contributed by atoms with Crippen molar-refractivity contribution in [1.29, 1.82) is 0 Å². The van der Waals surface area contributed by atoms with Crippen LogP contribution in [0.15, 0.2) is 12.1 Å². The van der Waals surface area contributed by atoms with Gasteiger partial charge < -0.3 is 29.4 Å². The summed E-state index contributed by atoms with van der Waals surface area (Å²) in [6.45, 7) is 5.11. The largest absolute Gasteiger partial charge is 0.496 e. The Hall–Kier alpha value is -2.64. The summed E-state index contributed by atoms with van der Waals surface area (Å²) in [5, 5.41) is 12.0. The van der Waals surface area contributed by atoms with Gasteiger partial charge in [0.15, 0.2) is 11.5 Å². The molecule has 0 bridgehead atoms. The molecule has 146 valence electrons. The Balaban J connectivity index is 2.93. The van der Waals surface area contributed by atoms with Crippen LogP contribution in [0.3, 0.4) is 0 Å². The van der Waals surface area contributed by atoms with Crippen LogP contribution in [0.4, 0.5) is 4.79 Å². The molecule has 1 aromatic rings. The second-order valence-electron chi connectivity index (χ2n) is 6.64. The third-order valence-corrected chi connectivity index (χ3v) is 3.49. The van der Waals surface area contributed by atoms with Crippen LogP contribution in [-0.4, -0.2) is 50.6 Å². The zero-order chi connectivity index (χ0) is 19.9. The summed E-state index contributed by atoms with van der Waals surface area (Å²) in [6, 6.07) is 3.30. The number of amides is 1. The Morgan fingerprint density at radius 2 is 1.58 bits per heavy atom. The molecule has 1 rings (SSSR count). The average Bonchev–Trinajstić information content (AvgIpc) is 2.55. The Labute approximate surface area is 153 Å². The molecule has 0 fully saturated rings. The molecule has 0 aliphatic rings. The molecule has 8 heteroatoms. The molecule has 0 spiro atoms. The Kier molecular flexibility index (Phi) is 7.55. The lowest BCUT2D eigenvalue weighted by Gasteiger charge is -2.21. The van der Waals surface area contributed by atoms with Crippen molar-refractivity contribution in [1.82, 2.24) is 5.32 Å². The SMILES string of the molecule is COc1cc(OC)c(OC)cc1C[C@@H](CNC(=O)OC(C)(C)C)C(=O)O. The number of ether oxygens (including phenoxy) is 4. The molecular formula is C18H27NO7. The van der Waals surface area contributed by atoms with E-state index in [1.165, 1.54) is 21.3 Å². The van der Waals surface area contributed by atoms with Crippen LogP contribution in [0, 0.1) is 5.92 Å². The number of rotatable bonds is 8. The number of nitrogens with one attached hydrogen (secondary N) is 1. The van der Waals surface area contributed by atoms with E-state index in [0.29, 0.717) is 22.8 Å². The summed E-state index contributed by atoms with van der Waals surface area (Å²) < 4.78 is 20.9. The fourth-order valence-corrected chi connectivity index (χ4v) is 2.28. The van der Waals surface area contributed by atoms with Crippen LogP contribution in [0.2, 0.25) is 0 Å². The molecule has 0 saturated heterocycles. The van der Waals surface area contributed by atoms with E-state index >= 15 is 0 Å². The molecule has 2 N–H and O–H groups in total. The highest BCUT2D eigenvalue weighted by Crippen LogP contribution is 2.35.